The first-order valence-electron chi connectivity index (χ1n) is 12.2. The molecule has 3 aliphatic rings. The molecule has 0 spiro atoms. The number of hydrogen-bond acceptors (Lipinski definition) is 3. The zero-order valence-corrected chi connectivity index (χ0v) is 18.8. The van der Waals surface area contributed by atoms with E-state index < -0.39 is 0 Å². The number of nitrogens with zero attached hydrogens (tertiary/aromatic N) is 3. The molecule has 2 aromatic rings. The predicted molar refractivity (Wildman–Crippen MR) is 126 cm³/mol. The second kappa shape index (κ2) is 9.62. The van der Waals surface area contributed by atoms with Crippen LogP contribution in [0.5, 0.6) is 0 Å². The minimum Gasteiger partial charge on any atom is -0.369 e. The van der Waals surface area contributed by atoms with E-state index in [1.807, 2.05) is 12.1 Å². The summed E-state index contributed by atoms with van der Waals surface area (Å²) in [6, 6.07) is 17.6. The summed E-state index contributed by atoms with van der Waals surface area (Å²) in [6.07, 6.45) is 4.55. The smallest absolute Gasteiger partial charge is 0.225 e. The molecule has 1 saturated carbocycles. The molecule has 0 aromatic heterocycles. The molecular formula is C27H34FN3O. The zero-order chi connectivity index (χ0) is 21.9. The number of carbonyl (C=O) groups is 1. The van der Waals surface area contributed by atoms with Gasteiger partial charge in [-0.1, -0.05) is 43.2 Å². The summed E-state index contributed by atoms with van der Waals surface area (Å²) in [6.45, 7) is 6.70. The Kier molecular flexibility index (Phi) is 6.44. The maximum atomic E-state index is 13.3. The molecule has 32 heavy (non-hydrogen) atoms. The number of hydrogen-bond donors (Lipinski definition) is 0. The van der Waals surface area contributed by atoms with Gasteiger partial charge in [-0.2, -0.15) is 0 Å². The third kappa shape index (κ3) is 4.68. The van der Waals surface area contributed by atoms with Gasteiger partial charge in [-0.15, -0.1) is 0 Å². The SMILES string of the molecule is O=C(C1CCCC1)N1C[C@H](CN2CCN(c3ccc(F)cc3)CC2)[C@H](c2ccccc2)C1. The monoisotopic (exact) mass is 435 g/mol. The van der Waals surface area contributed by atoms with E-state index >= 15 is 0 Å². The van der Waals surface area contributed by atoms with Crippen LogP contribution < -0.4 is 4.90 Å². The predicted octanol–water partition coefficient (Wildman–Crippen LogP) is 4.38. The summed E-state index contributed by atoms with van der Waals surface area (Å²) >= 11 is 0. The average molecular weight is 436 g/mol. The quantitative estimate of drug-likeness (QED) is 0.697. The number of amides is 1. The number of benzene rings is 2. The van der Waals surface area contributed by atoms with Gasteiger partial charge in [-0.25, -0.2) is 4.39 Å². The van der Waals surface area contributed by atoms with E-state index in [4.69, 9.17) is 0 Å². The first kappa shape index (κ1) is 21.4. The standard InChI is InChI=1S/C27H34FN3O/c28-24-10-12-25(13-11-24)30-16-14-29(15-17-30)18-23-19-31(27(32)22-8-4-5-9-22)20-26(23)21-6-2-1-3-7-21/h1-3,6-7,10-13,22-23,26H,4-5,8-9,14-20H2/t23-,26-/m0/s1. The highest BCUT2D eigenvalue weighted by atomic mass is 19.1. The Labute approximate surface area is 191 Å². The van der Waals surface area contributed by atoms with Crippen molar-refractivity contribution in [1.29, 1.82) is 0 Å². The van der Waals surface area contributed by atoms with Gasteiger partial charge in [0.1, 0.15) is 5.82 Å². The van der Waals surface area contributed by atoms with Crippen molar-refractivity contribution in [1.82, 2.24) is 9.80 Å². The minimum atomic E-state index is -0.183. The highest BCUT2D eigenvalue weighted by molar-refractivity contribution is 5.79. The Hall–Kier alpha value is -2.40. The molecule has 1 aliphatic carbocycles. The lowest BCUT2D eigenvalue weighted by molar-refractivity contribution is -0.134. The molecule has 0 radical (unpaired) electrons. The van der Waals surface area contributed by atoms with Crippen LogP contribution in [0.3, 0.4) is 0 Å². The van der Waals surface area contributed by atoms with E-state index in [0.29, 0.717) is 17.7 Å². The van der Waals surface area contributed by atoms with Gasteiger partial charge >= 0.3 is 0 Å². The number of halogens is 1. The fourth-order valence-corrected chi connectivity index (χ4v) is 5.92. The molecule has 0 bridgehead atoms. The van der Waals surface area contributed by atoms with Gasteiger partial charge in [-0.05, 0) is 48.6 Å². The zero-order valence-electron chi connectivity index (χ0n) is 18.8. The molecule has 0 N–H and O–H groups in total. The normalized spacial score (nSPS) is 24.9. The Bertz CT molecular complexity index is 889. The molecule has 170 valence electrons. The van der Waals surface area contributed by atoms with Crippen molar-refractivity contribution in [2.24, 2.45) is 11.8 Å². The molecule has 2 heterocycles. The van der Waals surface area contributed by atoms with Crippen molar-refractivity contribution in [3.8, 4) is 0 Å². The van der Waals surface area contributed by atoms with Crippen LogP contribution in [0.2, 0.25) is 0 Å². The van der Waals surface area contributed by atoms with E-state index in [1.165, 1.54) is 18.4 Å². The van der Waals surface area contributed by atoms with Crippen LogP contribution in [0.15, 0.2) is 54.6 Å². The summed E-state index contributed by atoms with van der Waals surface area (Å²) in [7, 11) is 0. The van der Waals surface area contributed by atoms with Gasteiger partial charge in [-0.3, -0.25) is 9.69 Å². The van der Waals surface area contributed by atoms with Crippen molar-refractivity contribution < 1.29 is 9.18 Å². The Balaban J connectivity index is 1.23. The van der Waals surface area contributed by atoms with Gasteiger partial charge < -0.3 is 9.80 Å². The van der Waals surface area contributed by atoms with Gasteiger partial charge in [0.25, 0.3) is 0 Å². The van der Waals surface area contributed by atoms with Crippen molar-refractivity contribution >= 4 is 11.6 Å². The van der Waals surface area contributed by atoms with Crippen LogP contribution >= 0.6 is 0 Å². The van der Waals surface area contributed by atoms with Crippen molar-refractivity contribution in [2.45, 2.75) is 31.6 Å². The molecular weight excluding hydrogens is 401 g/mol. The molecule has 1 amide bonds. The van der Waals surface area contributed by atoms with E-state index in [9.17, 15) is 9.18 Å². The van der Waals surface area contributed by atoms with Crippen molar-refractivity contribution in [3.63, 3.8) is 0 Å². The number of rotatable bonds is 5. The average Bonchev–Trinajstić information content (AvgIpc) is 3.51. The molecule has 5 rings (SSSR count). The largest absolute Gasteiger partial charge is 0.369 e. The summed E-state index contributed by atoms with van der Waals surface area (Å²) in [5.74, 6) is 1.35. The third-order valence-corrected chi connectivity index (χ3v) is 7.74. The van der Waals surface area contributed by atoms with Crippen molar-refractivity contribution in [3.05, 3.63) is 66.0 Å². The van der Waals surface area contributed by atoms with E-state index in [-0.39, 0.29) is 11.7 Å². The van der Waals surface area contributed by atoms with Gasteiger partial charge in [0, 0.05) is 63.3 Å². The first-order valence-corrected chi connectivity index (χ1v) is 12.2. The summed E-state index contributed by atoms with van der Waals surface area (Å²) in [5.41, 5.74) is 2.46. The maximum Gasteiger partial charge on any atom is 0.225 e. The number of carbonyl (C=O) groups excluding carboxylic acids is 1. The van der Waals surface area contributed by atoms with Gasteiger partial charge in [0.05, 0.1) is 0 Å². The summed E-state index contributed by atoms with van der Waals surface area (Å²) < 4.78 is 13.3. The van der Waals surface area contributed by atoms with Crippen LogP contribution in [-0.2, 0) is 4.79 Å². The fourth-order valence-electron chi connectivity index (χ4n) is 5.92. The lowest BCUT2D eigenvalue weighted by Crippen LogP contribution is -2.48. The summed E-state index contributed by atoms with van der Waals surface area (Å²) in [4.78, 5) is 20.2. The molecule has 2 aromatic carbocycles. The second-order valence-electron chi connectivity index (χ2n) is 9.77. The Morgan fingerprint density at radius 2 is 1.56 bits per heavy atom. The molecule has 2 atom stereocenters. The lowest BCUT2D eigenvalue weighted by atomic mass is 9.88. The minimum absolute atomic E-state index is 0.183. The topological polar surface area (TPSA) is 26.8 Å². The Morgan fingerprint density at radius 1 is 0.875 bits per heavy atom. The Morgan fingerprint density at radius 3 is 2.25 bits per heavy atom. The highest BCUT2D eigenvalue weighted by Gasteiger charge is 2.39. The van der Waals surface area contributed by atoms with Gasteiger partial charge in [0.2, 0.25) is 5.91 Å². The number of piperazine rings is 1. The van der Waals surface area contributed by atoms with E-state index in [0.717, 1.165) is 64.3 Å². The fraction of sp³-hybridized carbons (Fsp3) is 0.519. The molecule has 2 saturated heterocycles. The third-order valence-electron chi connectivity index (χ3n) is 7.74. The van der Waals surface area contributed by atoms with Crippen LogP contribution in [-0.4, -0.2) is 61.5 Å². The second-order valence-corrected chi connectivity index (χ2v) is 9.77. The van der Waals surface area contributed by atoms with E-state index in [2.05, 4.69) is 45.0 Å². The molecule has 2 aliphatic heterocycles. The molecule has 5 heteroatoms. The lowest BCUT2D eigenvalue weighted by Gasteiger charge is -2.38. The molecule has 4 nitrogen and oxygen atoms in total. The highest BCUT2D eigenvalue weighted by Crippen LogP contribution is 2.36. The first-order chi connectivity index (χ1) is 15.7. The molecule has 0 unspecified atom stereocenters. The number of likely N-dealkylation sites (tertiary alicyclic amines) is 1. The van der Waals surface area contributed by atoms with Crippen molar-refractivity contribution in [2.75, 3.05) is 50.7 Å². The number of anilines is 1. The van der Waals surface area contributed by atoms with Crippen LogP contribution in [0.4, 0.5) is 10.1 Å². The van der Waals surface area contributed by atoms with Crippen LogP contribution in [0, 0.1) is 17.7 Å². The summed E-state index contributed by atoms with van der Waals surface area (Å²) in [5, 5.41) is 0. The van der Waals surface area contributed by atoms with E-state index in [1.54, 1.807) is 12.1 Å². The van der Waals surface area contributed by atoms with Crippen LogP contribution in [0.25, 0.3) is 0 Å². The maximum absolute atomic E-state index is 13.3. The van der Waals surface area contributed by atoms with Crippen LogP contribution in [0.1, 0.15) is 37.2 Å². The van der Waals surface area contributed by atoms with Gasteiger partial charge in [0.15, 0.2) is 0 Å². The molecule has 3 fully saturated rings.